The van der Waals surface area contributed by atoms with Crippen molar-refractivity contribution in [2.45, 2.75) is 0 Å². The third-order valence-corrected chi connectivity index (χ3v) is 1.80. The molecule has 1 nitrogen and oxygen atoms in total. The van der Waals surface area contributed by atoms with E-state index in [1.807, 2.05) is 23.9 Å². The van der Waals surface area contributed by atoms with Gasteiger partial charge in [-0.2, -0.15) is 24.4 Å². The molecule has 0 saturated carbocycles. The Kier molecular flexibility index (Phi) is 33.3. The summed E-state index contributed by atoms with van der Waals surface area (Å²) in [6.07, 6.45) is 5.53. The maximum atomic E-state index is 3.80. The zero-order valence-electron chi connectivity index (χ0n) is 7.33. The predicted molar refractivity (Wildman–Crippen MR) is 65.4 cm³/mol. The molecule has 0 rings (SSSR count). The van der Waals surface area contributed by atoms with Crippen LogP contribution in [0.4, 0.5) is 0 Å². The van der Waals surface area contributed by atoms with Crippen molar-refractivity contribution in [3.63, 3.8) is 0 Å². The molecule has 0 unspecified atom stereocenters. The molecular formula is C9H18OS2. The standard InChI is InChI=1S/C6H10S.C3H6S.H2O/c1-3-5-7-6-4-2;1-2-3-4;/h3-4H,1-2,5-6H2;2,4H,1,3H2;1H2. The number of rotatable bonds is 5. The van der Waals surface area contributed by atoms with Crippen LogP contribution in [0, 0.1) is 0 Å². The van der Waals surface area contributed by atoms with Gasteiger partial charge in [0.1, 0.15) is 0 Å². The molecule has 0 amide bonds. The van der Waals surface area contributed by atoms with Gasteiger partial charge in [-0.15, -0.1) is 19.7 Å². The maximum Gasteiger partial charge on any atom is 0.0113 e. The van der Waals surface area contributed by atoms with E-state index in [9.17, 15) is 0 Å². The lowest BCUT2D eigenvalue weighted by atomic mass is 10.8. The Morgan fingerprint density at radius 1 is 1.00 bits per heavy atom. The summed E-state index contributed by atoms with van der Waals surface area (Å²) in [4.78, 5) is 0. The Balaban J connectivity index is -0.000000142. The van der Waals surface area contributed by atoms with Crippen molar-refractivity contribution in [3.8, 4) is 0 Å². The van der Waals surface area contributed by atoms with E-state index in [2.05, 4.69) is 32.4 Å². The first-order valence-electron chi connectivity index (χ1n) is 3.34. The van der Waals surface area contributed by atoms with Crippen LogP contribution < -0.4 is 0 Å². The molecule has 0 aromatic heterocycles. The molecule has 0 aliphatic heterocycles. The predicted octanol–water partition coefficient (Wildman–Crippen LogP) is 2.37. The molecule has 12 heavy (non-hydrogen) atoms. The summed E-state index contributed by atoms with van der Waals surface area (Å²) in [5.74, 6) is 2.85. The van der Waals surface area contributed by atoms with Crippen molar-refractivity contribution < 1.29 is 5.48 Å². The molecular weight excluding hydrogens is 188 g/mol. The molecule has 0 radical (unpaired) electrons. The van der Waals surface area contributed by atoms with Crippen molar-refractivity contribution in [1.29, 1.82) is 0 Å². The van der Waals surface area contributed by atoms with Gasteiger partial charge in [-0.3, -0.25) is 0 Å². The van der Waals surface area contributed by atoms with Crippen molar-refractivity contribution in [2.75, 3.05) is 17.3 Å². The van der Waals surface area contributed by atoms with E-state index < -0.39 is 0 Å². The minimum Gasteiger partial charge on any atom is -0.412 e. The average Bonchev–Trinajstić information content (AvgIpc) is 2.06. The zero-order valence-corrected chi connectivity index (χ0v) is 9.04. The van der Waals surface area contributed by atoms with E-state index in [4.69, 9.17) is 0 Å². The van der Waals surface area contributed by atoms with E-state index in [1.54, 1.807) is 6.08 Å². The highest BCUT2D eigenvalue weighted by Gasteiger charge is 1.73. The third-order valence-electron chi connectivity index (χ3n) is 0.601. The van der Waals surface area contributed by atoms with E-state index in [0.29, 0.717) is 0 Å². The second-order valence-corrected chi connectivity index (χ2v) is 3.03. The minimum atomic E-state index is 0. The second-order valence-electron chi connectivity index (χ2n) is 1.59. The van der Waals surface area contributed by atoms with Gasteiger partial charge in [-0.25, -0.2) is 0 Å². The van der Waals surface area contributed by atoms with Crippen molar-refractivity contribution in [2.24, 2.45) is 0 Å². The van der Waals surface area contributed by atoms with Crippen LogP contribution in [0.15, 0.2) is 38.0 Å². The quantitative estimate of drug-likeness (QED) is 0.418. The Bertz CT molecular complexity index is 94.7. The van der Waals surface area contributed by atoms with Crippen LogP contribution in [0.1, 0.15) is 0 Å². The Morgan fingerprint density at radius 3 is 1.50 bits per heavy atom. The molecule has 0 saturated heterocycles. The van der Waals surface area contributed by atoms with Crippen LogP contribution in [0.5, 0.6) is 0 Å². The molecule has 0 aliphatic carbocycles. The van der Waals surface area contributed by atoms with Crippen molar-refractivity contribution >= 4 is 24.4 Å². The van der Waals surface area contributed by atoms with Gasteiger partial charge in [-0.1, -0.05) is 18.2 Å². The van der Waals surface area contributed by atoms with Gasteiger partial charge in [-0.05, 0) is 0 Å². The first kappa shape index (κ1) is 17.8. The summed E-state index contributed by atoms with van der Waals surface area (Å²) in [5, 5.41) is 0. The van der Waals surface area contributed by atoms with Crippen LogP contribution >= 0.6 is 24.4 Å². The van der Waals surface area contributed by atoms with Crippen molar-refractivity contribution in [3.05, 3.63) is 38.0 Å². The average molecular weight is 206 g/mol. The summed E-state index contributed by atoms with van der Waals surface area (Å²) in [5.41, 5.74) is 0. The highest BCUT2D eigenvalue weighted by Crippen LogP contribution is 1.97. The van der Waals surface area contributed by atoms with Gasteiger partial charge in [0.2, 0.25) is 0 Å². The van der Waals surface area contributed by atoms with Gasteiger partial charge in [0.15, 0.2) is 0 Å². The van der Waals surface area contributed by atoms with Crippen LogP contribution in [0.2, 0.25) is 0 Å². The lowest BCUT2D eigenvalue weighted by Gasteiger charge is -1.85. The van der Waals surface area contributed by atoms with Gasteiger partial charge < -0.3 is 5.48 Å². The Hall–Kier alpha value is -0.120. The van der Waals surface area contributed by atoms with E-state index in [1.165, 1.54) is 0 Å². The summed E-state index contributed by atoms with van der Waals surface area (Å²) in [6, 6.07) is 0. The molecule has 0 aromatic rings. The number of thiol groups is 1. The fourth-order valence-corrected chi connectivity index (χ4v) is 0.704. The van der Waals surface area contributed by atoms with Gasteiger partial charge >= 0.3 is 0 Å². The lowest BCUT2D eigenvalue weighted by molar-refractivity contribution is 0.824. The summed E-state index contributed by atoms with van der Waals surface area (Å²) >= 11 is 5.62. The maximum absolute atomic E-state index is 3.80. The minimum absolute atomic E-state index is 0. The first-order chi connectivity index (χ1) is 5.33. The number of hydrogen-bond donors (Lipinski definition) is 1. The fourth-order valence-electron chi connectivity index (χ4n) is 0.235. The summed E-state index contributed by atoms with van der Waals surface area (Å²) < 4.78 is 0. The van der Waals surface area contributed by atoms with Crippen molar-refractivity contribution in [1.82, 2.24) is 0 Å². The molecule has 0 aliphatic rings. The monoisotopic (exact) mass is 206 g/mol. The van der Waals surface area contributed by atoms with Crippen LogP contribution in [0.25, 0.3) is 0 Å². The largest absolute Gasteiger partial charge is 0.412 e. The van der Waals surface area contributed by atoms with E-state index >= 15 is 0 Å². The molecule has 3 heteroatoms. The second kappa shape index (κ2) is 22.4. The van der Waals surface area contributed by atoms with Crippen LogP contribution in [-0.4, -0.2) is 22.7 Å². The fraction of sp³-hybridized carbons (Fsp3) is 0.333. The van der Waals surface area contributed by atoms with Gasteiger partial charge in [0.05, 0.1) is 0 Å². The topological polar surface area (TPSA) is 31.5 Å². The van der Waals surface area contributed by atoms with E-state index in [-0.39, 0.29) is 5.48 Å². The lowest BCUT2D eigenvalue weighted by Crippen LogP contribution is -1.69. The van der Waals surface area contributed by atoms with E-state index in [0.717, 1.165) is 17.3 Å². The van der Waals surface area contributed by atoms with Gasteiger partial charge in [0.25, 0.3) is 0 Å². The number of thioether (sulfide) groups is 1. The molecule has 0 heterocycles. The molecule has 0 atom stereocenters. The Morgan fingerprint density at radius 2 is 1.33 bits per heavy atom. The van der Waals surface area contributed by atoms with Crippen LogP contribution in [-0.2, 0) is 0 Å². The zero-order chi connectivity index (χ0) is 8.95. The SMILES string of the molecule is C=CCS.C=CCSCC=C.O. The summed E-state index contributed by atoms with van der Waals surface area (Å²) in [7, 11) is 0. The normalized spacial score (nSPS) is 6.75. The highest BCUT2D eigenvalue weighted by atomic mass is 32.2. The number of hydrogen-bond acceptors (Lipinski definition) is 2. The molecule has 2 N–H and O–H groups in total. The molecule has 72 valence electrons. The molecule has 0 spiro atoms. The smallest absolute Gasteiger partial charge is 0.0113 e. The van der Waals surface area contributed by atoms with Gasteiger partial charge in [0, 0.05) is 17.3 Å². The third kappa shape index (κ3) is 32.7. The summed E-state index contributed by atoms with van der Waals surface area (Å²) in [6.45, 7) is 10.6. The highest BCUT2D eigenvalue weighted by molar-refractivity contribution is 7.99. The molecule has 0 aromatic carbocycles. The Labute approximate surface area is 85.4 Å². The van der Waals surface area contributed by atoms with Crippen LogP contribution in [0.3, 0.4) is 0 Å². The molecule has 0 bridgehead atoms. The first-order valence-corrected chi connectivity index (χ1v) is 5.13. The molecule has 0 fully saturated rings.